The Morgan fingerprint density at radius 3 is 2.70 bits per heavy atom. The summed E-state index contributed by atoms with van der Waals surface area (Å²) in [6.45, 7) is 4.10. The number of carbonyl (C=O) groups excluding carboxylic acids is 1. The molecule has 0 atom stereocenters. The van der Waals surface area contributed by atoms with E-state index in [-0.39, 0.29) is 5.91 Å². The lowest BCUT2D eigenvalue weighted by Gasteiger charge is -2.31. The molecule has 4 heterocycles. The van der Waals surface area contributed by atoms with Gasteiger partial charge in [-0.05, 0) is 48.6 Å². The molecule has 2 aromatic heterocycles. The van der Waals surface area contributed by atoms with Crippen molar-refractivity contribution < 1.29 is 4.79 Å². The van der Waals surface area contributed by atoms with Gasteiger partial charge in [0.05, 0.1) is 5.56 Å². The van der Waals surface area contributed by atoms with Crippen molar-refractivity contribution in [2.45, 2.75) is 31.9 Å². The Hall–Kier alpha value is -1.20. The summed E-state index contributed by atoms with van der Waals surface area (Å²) in [7, 11) is 0. The van der Waals surface area contributed by atoms with Gasteiger partial charge < -0.3 is 9.47 Å². The molecule has 3 nitrogen and oxygen atoms in total. The molecule has 1 amide bonds. The van der Waals surface area contributed by atoms with Gasteiger partial charge in [0.2, 0.25) is 0 Å². The van der Waals surface area contributed by atoms with Crippen LogP contribution in [-0.4, -0.2) is 34.2 Å². The van der Waals surface area contributed by atoms with Crippen LogP contribution >= 0.6 is 23.1 Å². The fourth-order valence-corrected chi connectivity index (χ4v) is 5.90. The van der Waals surface area contributed by atoms with E-state index < -0.39 is 0 Å². The largest absolute Gasteiger partial charge is 0.339 e. The van der Waals surface area contributed by atoms with E-state index in [2.05, 4.69) is 28.8 Å². The normalized spacial score (nSPS) is 18.9. The smallest absolute Gasteiger partial charge is 0.257 e. The molecule has 1 fully saturated rings. The van der Waals surface area contributed by atoms with Crippen LogP contribution in [0.25, 0.3) is 5.00 Å². The molecule has 2 aromatic rings. The number of rotatable bonds is 2. The van der Waals surface area contributed by atoms with E-state index in [0.717, 1.165) is 60.3 Å². The number of likely N-dealkylation sites (tertiary alicyclic amines) is 1. The van der Waals surface area contributed by atoms with E-state index >= 15 is 0 Å². The van der Waals surface area contributed by atoms with E-state index in [1.165, 1.54) is 10.4 Å². The number of amides is 1. The fourth-order valence-electron chi connectivity index (χ4n) is 3.46. The van der Waals surface area contributed by atoms with Crippen molar-refractivity contribution in [3.05, 3.63) is 40.5 Å². The Balaban J connectivity index is 1.74. The predicted molar refractivity (Wildman–Crippen MR) is 97.8 cm³/mol. The molecule has 0 saturated carbocycles. The Kier molecular flexibility index (Phi) is 4.24. The molecule has 2 aliphatic rings. The molecule has 5 heteroatoms. The van der Waals surface area contributed by atoms with Crippen LogP contribution in [0.4, 0.5) is 0 Å². The minimum atomic E-state index is 0.255. The highest BCUT2D eigenvalue weighted by Crippen LogP contribution is 2.39. The van der Waals surface area contributed by atoms with Crippen molar-refractivity contribution in [1.29, 1.82) is 0 Å². The fraction of sp³-hybridized carbons (Fsp3) is 0.500. The Morgan fingerprint density at radius 2 is 1.96 bits per heavy atom. The van der Waals surface area contributed by atoms with Crippen molar-refractivity contribution in [2.24, 2.45) is 5.92 Å². The highest BCUT2D eigenvalue weighted by molar-refractivity contribution is 7.98. The lowest BCUT2D eigenvalue weighted by atomic mass is 9.98. The molecule has 0 unspecified atom stereocenters. The zero-order valence-electron chi connectivity index (χ0n) is 13.5. The zero-order chi connectivity index (χ0) is 15.8. The number of thiophene rings is 1. The van der Waals surface area contributed by atoms with E-state index in [0.29, 0.717) is 0 Å². The minimum absolute atomic E-state index is 0.255. The van der Waals surface area contributed by atoms with Crippen molar-refractivity contribution in [1.82, 2.24) is 9.47 Å². The number of hydrogen-bond donors (Lipinski definition) is 0. The monoisotopic (exact) mass is 346 g/mol. The Labute approximate surface area is 145 Å². The molecule has 0 aliphatic carbocycles. The van der Waals surface area contributed by atoms with Crippen LogP contribution in [0.1, 0.15) is 40.6 Å². The summed E-state index contributed by atoms with van der Waals surface area (Å²) in [5.74, 6) is 3.19. The van der Waals surface area contributed by atoms with Gasteiger partial charge in [0.1, 0.15) is 5.00 Å². The van der Waals surface area contributed by atoms with Gasteiger partial charge in [-0.3, -0.25) is 4.79 Å². The van der Waals surface area contributed by atoms with Gasteiger partial charge in [0.25, 0.3) is 5.91 Å². The van der Waals surface area contributed by atoms with Gasteiger partial charge in [-0.15, -0.1) is 11.3 Å². The SMILES string of the molecule is CC1CCN(C(=O)c2c(-n3cccc3)sc3c2CCSC3)CC1. The summed E-state index contributed by atoms with van der Waals surface area (Å²) >= 11 is 3.79. The molecule has 0 aromatic carbocycles. The summed E-state index contributed by atoms with van der Waals surface area (Å²) in [6, 6.07) is 4.06. The average molecular weight is 347 g/mol. The molecule has 4 rings (SSSR count). The second kappa shape index (κ2) is 6.36. The van der Waals surface area contributed by atoms with Gasteiger partial charge in [0.15, 0.2) is 0 Å². The van der Waals surface area contributed by atoms with Gasteiger partial charge in [0, 0.05) is 36.1 Å². The maximum atomic E-state index is 13.3. The number of hydrogen-bond acceptors (Lipinski definition) is 3. The third-order valence-electron chi connectivity index (χ3n) is 4.93. The standard InChI is InChI=1S/C18H22N2OS2/c1-13-4-9-19(10-5-13)17(21)16-14-6-11-22-12-15(14)23-18(16)20-7-2-3-8-20/h2-3,7-8,13H,4-6,9-12H2,1H3. The molecule has 23 heavy (non-hydrogen) atoms. The lowest BCUT2D eigenvalue weighted by Crippen LogP contribution is -2.38. The van der Waals surface area contributed by atoms with Crippen molar-refractivity contribution in [3.8, 4) is 5.00 Å². The van der Waals surface area contributed by atoms with Crippen molar-refractivity contribution >= 4 is 29.0 Å². The first-order valence-electron chi connectivity index (χ1n) is 8.39. The lowest BCUT2D eigenvalue weighted by molar-refractivity contribution is 0.0696. The first-order valence-corrected chi connectivity index (χ1v) is 10.4. The molecule has 2 aliphatic heterocycles. The summed E-state index contributed by atoms with van der Waals surface area (Å²) in [5.41, 5.74) is 2.30. The van der Waals surface area contributed by atoms with Crippen LogP contribution in [0.2, 0.25) is 0 Å². The topological polar surface area (TPSA) is 25.2 Å². The van der Waals surface area contributed by atoms with Crippen molar-refractivity contribution in [2.75, 3.05) is 18.8 Å². The first kappa shape index (κ1) is 15.3. The molecule has 0 spiro atoms. The van der Waals surface area contributed by atoms with Crippen LogP contribution in [0, 0.1) is 5.92 Å². The third-order valence-corrected chi connectivity index (χ3v) is 7.34. The summed E-state index contributed by atoms with van der Waals surface area (Å²) in [6.07, 6.45) is 7.40. The van der Waals surface area contributed by atoms with E-state index in [9.17, 15) is 4.79 Å². The Morgan fingerprint density at radius 1 is 1.22 bits per heavy atom. The number of nitrogens with zero attached hydrogens (tertiary/aromatic N) is 2. The maximum absolute atomic E-state index is 13.3. The second-order valence-corrected chi connectivity index (χ2v) is 8.74. The predicted octanol–water partition coefficient (Wildman–Crippen LogP) is 4.20. The van der Waals surface area contributed by atoms with Crippen LogP contribution in [-0.2, 0) is 12.2 Å². The van der Waals surface area contributed by atoms with Crippen LogP contribution in [0.15, 0.2) is 24.5 Å². The van der Waals surface area contributed by atoms with Crippen molar-refractivity contribution in [3.63, 3.8) is 0 Å². The molecule has 0 bridgehead atoms. The summed E-state index contributed by atoms with van der Waals surface area (Å²) in [5, 5.41) is 1.12. The third kappa shape index (κ3) is 2.85. The second-order valence-electron chi connectivity index (χ2n) is 6.55. The summed E-state index contributed by atoms with van der Waals surface area (Å²) in [4.78, 5) is 16.7. The zero-order valence-corrected chi connectivity index (χ0v) is 15.1. The molecular weight excluding hydrogens is 324 g/mol. The van der Waals surface area contributed by atoms with E-state index in [4.69, 9.17) is 0 Å². The number of thioether (sulfide) groups is 1. The molecule has 122 valence electrons. The number of piperidine rings is 1. The Bertz CT molecular complexity index is 697. The van der Waals surface area contributed by atoms with Gasteiger partial charge in [-0.1, -0.05) is 6.92 Å². The molecular formula is C18H22N2OS2. The highest BCUT2D eigenvalue weighted by Gasteiger charge is 2.30. The molecule has 1 saturated heterocycles. The first-order chi connectivity index (χ1) is 11.2. The maximum Gasteiger partial charge on any atom is 0.257 e. The van der Waals surface area contributed by atoms with Gasteiger partial charge >= 0.3 is 0 Å². The molecule has 0 radical (unpaired) electrons. The number of fused-ring (bicyclic) bond motifs is 1. The number of carbonyl (C=O) groups is 1. The van der Waals surface area contributed by atoms with Crippen LogP contribution in [0.5, 0.6) is 0 Å². The average Bonchev–Trinajstić information content (AvgIpc) is 3.22. The molecule has 0 N–H and O–H groups in total. The number of aromatic nitrogens is 1. The van der Waals surface area contributed by atoms with Crippen LogP contribution < -0.4 is 0 Å². The van der Waals surface area contributed by atoms with E-state index in [1.807, 2.05) is 35.2 Å². The van der Waals surface area contributed by atoms with Gasteiger partial charge in [-0.2, -0.15) is 11.8 Å². The van der Waals surface area contributed by atoms with Gasteiger partial charge in [-0.25, -0.2) is 0 Å². The van der Waals surface area contributed by atoms with Crippen LogP contribution in [0.3, 0.4) is 0 Å². The quantitative estimate of drug-likeness (QED) is 0.814. The minimum Gasteiger partial charge on any atom is -0.339 e. The van der Waals surface area contributed by atoms with E-state index in [1.54, 1.807) is 0 Å². The highest BCUT2D eigenvalue weighted by atomic mass is 32.2. The summed E-state index contributed by atoms with van der Waals surface area (Å²) < 4.78 is 2.12.